The lowest BCUT2D eigenvalue weighted by atomic mass is 10.0. The summed E-state index contributed by atoms with van der Waals surface area (Å²) in [5, 5.41) is 3.31. The Labute approximate surface area is 100 Å². The number of aryl methyl sites for hydroxylation is 1. The van der Waals surface area contributed by atoms with Crippen LogP contribution in [0.2, 0.25) is 0 Å². The van der Waals surface area contributed by atoms with Gasteiger partial charge in [-0.2, -0.15) is 0 Å². The van der Waals surface area contributed by atoms with Crippen LogP contribution in [0.25, 0.3) is 10.8 Å². The Bertz CT molecular complexity index is 531. The van der Waals surface area contributed by atoms with Gasteiger partial charge in [-0.15, -0.1) is 11.8 Å². The van der Waals surface area contributed by atoms with Crippen molar-refractivity contribution in [3.05, 3.63) is 59.1 Å². The molecule has 2 heteroatoms. The molecule has 2 aromatic carbocycles. The van der Waals surface area contributed by atoms with E-state index in [1.807, 2.05) is 0 Å². The first-order valence-electron chi connectivity index (χ1n) is 5.23. The highest BCUT2D eigenvalue weighted by Crippen LogP contribution is 2.26. The summed E-state index contributed by atoms with van der Waals surface area (Å²) in [5.74, 6) is 0.885. The van der Waals surface area contributed by atoms with Crippen LogP contribution in [-0.4, -0.2) is 0 Å². The van der Waals surface area contributed by atoms with Crippen LogP contribution in [0.1, 0.15) is 11.1 Å². The number of thioether (sulfide) groups is 1. The fourth-order valence-electron chi connectivity index (χ4n) is 1.81. The van der Waals surface area contributed by atoms with Gasteiger partial charge in [0, 0.05) is 5.75 Å². The molecule has 0 atom stereocenters. The van der Waals surface area contributed by atoms with Crippen LogP contribution in [0.4, 0.5) is 0 Å². The summed E-state index contributed by atoms with van der Waals surface area (Å²) in [6.07, 6.45) is 0. The molecular formula is C14H15NS. The highest BCUT2D eigenvalue weighted by Gasteiger charge is 2.03. The minimum absolute atomic E-state index is 0.671. The molecule has 2 rings (SSSR count). The summed E-state index contributed by atoms with van der Waals surface area (Å²) in [7, 11) is 0. The minimum atomic E-state index is 0.671. The smallest absolute Gasteiger partial charge is 0.0585 e. The third kappa shape index (κ3) is 2.22. The van der Waals surface area contributed by atoms with E-state index < -0.39 is 0 Å². The molecule has 0 spiro atoms. The molecule has 16 heavy (non-hydrogen) atoms. The molecule has 1 nitrogen and oxygen atoms in total. The molecule has 2 N–H and O–H groups in total. The van der Waals surface area contributed by atoms with E-state index in [1.54, 1.807) is 11.8 Å². The maximum absolute atomic E-state index is 5.58. The van der Waals surface area contributed by atoms with Crippen molar-refractivity contribution < 1.29 is 0 Å². The van der Waals surface area contributed by atoms with Gasteiger partial charge in [0.15, 0.2) is 0 Å². The maximum Gasteiger partial charge on any atom is 0.0585 e. The van der Waals surface area contributed by atoms with Gasteiger partial charge < -0.3 is 5.73 Å². The third-order valence-corrected chi connectivity index (χ3v) is 3.47. The van der Waals surface area contributed by atoms with E-state index in [9.17, 15) is 0 Å². The van der Waals surface area contributed by atoms with Gasteiger partial charge in [-0.1, -0.05) is 43.0 Å². The van der Waals surface area contributed by atoms with Crippen molar-refractivity contribution in [2.24, 2.45) is 5.73 Å². The molecule has 0 aliphatic rings. The molecule has 0 radical (unpaired) electrons. The number of rotatable bonds is 3. The molecule has 2 aromatic rings. The molecule has 0 aromatic heterocycles. The highest BCUT2D eigenvalue weighted by molar-refractivity contribution is 8.02. The number of hydrogen-bond acceptors (Lipinski definition) is 2. The third-order valence-electron chi connectivity index (χ3n) is 2.65. The highest BCUT2D eigenvalue weighted by atomic mass is 32.2. The predicted octanol–water partition coefficient (Wildman–Crippen LogP) is 3.81. The van der Waals surface area contributed by atoms with Crippen molar-refractivity contribution in [2.75, 3.05) is 0 Å². The van der Waals surface area contributed by atoms with Crippen molar-refractivity contribution >= 4 is 22.5 Å². The standard InChI is InChI=1S/C14H15NS/c1-10-7-8-12(9-16-11(2)15)14-6-4-3-5-13(10)14/h3-8H,2,9,15H2,1H3. The second-order valence-corrected chi connectivity index (χ2v) is 4.94. The lowest BCUT2D eigenvalue weighted by molar-refractivity contribution is 1.42. The largest absolute Gasteiger partial charge is 0.394 e. The Hall–Kier alpha value is -1.41. The van der Waals surface area contributed by atoms with Crippen LogP contribution >= 0.6 is 11.8 Å². The second-order valence-electron chi connectivity index (χ2n) is 3.84. The maximum atomic E-state index is 5.58. The van der Waals surface area contributed by atoms with Crippen LogP contribution in [-0.2, 0) is 5.75 Å². The molecule has 82 valence electrons. The molecular weight excluding hydrogens is 214 g/mol. The van der Waals surface area contributed by atoms with E-state index in [4.69, 9.17) is 5.73 Å². The topological polar surface area (TPSA) is 26.0 Å². The Balaban J connectivity index is 2.46. The summed E-state index contributed by atoms with van der Waals surface area (Å²) in [5.41, 5.74) is 8.22. The van der Waals surface area contributed by atoms with E-state index in [-0.39, 0.29) is 0 Å². The SMILES string of the molecule is C=C(N)SCc1ccc(C)c2ccccc12. The number of fused-ring (bicyclic) bond motifs is 1. The molecule has 0 heterocycles. The fourth-order valence-corrected chi connectivity index (χ4v) is 2.40. The predicted molar refractivity (Wildman–Crippen MR) is 73.3 cm³/mol. The van der Waals surface area contributed by atoms with Crippen LogP contribution < -0.4 is 5.73 Å². The Kier molecular flexibility index (Phi) is 3.20. The summed E-state index contributed by atoms with van der Waals surface area (Å²) in [4.78, 5) is 0. The van der Waals surface area contributed by atoms with Gasteiger partial charge in [0.25, 0.3) is 0 Å². The molecule has 0 bridgehead atoms. The number of benzene rings is 2. The van der Waals surface area contributed by atoms with Crippen LogP contribution in [0.15, 0.2) is 48.0 Å². The minimum Gasteiger partial charge on any atom is -0.394 e. The van der Waals surface area contributed by atoms with Gasteiger partial charge in [-0.3, -0.25) is 0 Å². The van der Waals surface area contributed by atoms with E-state index in [2.05, 4.69) is 49.9 Å². The monoisotopic (exact) mass is 229 g/mol. The Morgan fingerprint density at radius 1 is 1.19 bits per heavy atom. The normalized spacial score (nSPS) is 10.6. The number of hydrogen-bond donors (Lipinski definition) is 1. The molecule has 0 amide bonds. The van der Waals surface area contributed by atoms with E-state index in [1.165, 1.54) is 21.9 Å². The van der Waals surface area contributed by atoms with Crippen molar-refractivity contribution in [2.45, 2.75) is 12.7 Å². The first-order chi connectivity index (χ1) is 7.68. The number of nitrogens with two attached hydrogens (primary N) is 1. The summed E-state index contributed by atoms with van der Waals surface area (Å²) >= 11 is 1.59. The van der Waals surface area contributed by atoms with Gasteiger partial charge in [-0.25, -0.2) is 0 Å². The quantitative estimate of drug-likeness (QED) is 0.866. The van der Waals surface area contributed by atoms with Gasteiger partial charge in [0.1, 0.15) is 0 Å². The Morgan fingerprint density at radius 3 is 2.56 bits per heavy atom. The molecule has 0 saturated carbocycles. The van der Waals surface area contributed by atoms with E-state index in [0.717, 1.165) is 5.75 Å². The van der Waals surface area contributed by atoms with Crippen molar-refractivity contribution in [1.82, 2.24) is 0 Å². The van der Waals surface area contributed by atoms with E-state index in [0.29, 0.717) is 5.03 Å². The van der Waals surface area contributed by atoms with Crippen molar-refractivity contribution in [3.63, 3.8) is 0 Å². The summed E-state index contributed by atoms with van der Waals surface area (Å²) in [6.45, 7) is 5.85. The zero-order valence-electron chi connectivity index (χ0n) is 9.36. The van der Waals surface area contributed by atoms with Gasteiger partial charge in [-0.05, 0) is 28.8 Å². The zero-order chi connectivity index (χ0) is 11.5. The molecule has 0 aliphatic carbocycles. The molecule has 0 aliphatic heterocycles. The molecule has 0 unspecified atom stereocenters. The fraction of sp³-hybridized carbons (Fsp3) is 0.143. The van der Waals surface area contributed by atoms with Gasteiger partial charge in [0.05, 0.1) is 5.03 Å². The summed E-state index contributed by atoms with van der Waals surface area (Å²) < 4.78 is 0. The van der Waals surface area contributed by atoms with Crippen LogP contribution in [0.3, 0.4) is 0 Å². The van der Waals surface area contributed by atoms with Crippen molar-refractivity contribution in [1.29, 1.82) is 0 Å². The van der Waals surface area contributed by atoms with Crippen LogP contribution in [0, 0.1) is 6.92 Å². The van der Waals surface area contributed by atoms with Gasteiger partial charge in [0.2, 0.25) is 0 Å². The second kappa shape index (κ2) is 4.62. The average molecular weight is 229 g/mol. The first kappa shape index (κ1) is 11.1. The first-order valence-corrected chi connectivity index (χ1v) is 6.21. The van der Waals surface area contributed by atoms with Gasteiger partial charge >= 0.3 is 0 Å². The van der Waals surface area contributed by atoms with E-state index >= 15 is 0 Å². The lowest BCUT2D eigenvalue weighted by Crippen LogP contribution is -1.91. The lowest BCUT2D eigenvalue weighted by Gasteiger charge is -2.08. The Morgan fingerprint density at radius 2 is 1.88 bits per heavy atom. The molecule has 0 saturated heterocycles. The van der Waals surface area contributed by atoms with Crippen LogP contribution in [0.5, 0.6) is 0 Å². The average Bonchev–Trinajstić information content (AvgIpc) is 2.28. The van der Waals surface area contributed by atoms with Crippen molar-refractivity contribution in [3.8, 4) is 0 Å². The molecule has 0 fully saturated rings. The summed E-state index contributed by atoms with van der Waals surface area (Å²) in [6, 6.07) is 12.8. The zero-order valence-corrected chi connectivity index (χ0v) is 10.2.